The van der Waals surface area contributed by atoms with Crippen molar-refractivity contribution in [3.63, 3.8) is 0 Å². The Hall–Kier alpha value is -1.97. The fourth-order valence-electron chi connectivity index (χ4n) is 4.00. The van der Waals surface area contributed by atoms with Gasteiger partial charge in [-0.3, -0.25) is 14.5 Å². The molecule has 0 N–H and O–H groups in total. The summed E-state index contributed by atoms with van der Waals surface area (Å²) >= 11 is 0. The van der Waals surface area contributed by atoms with Crippen LogP contribution in [0.4, 0.5) is 0 Å². The Morgan fingerprint density at radius 2 is 1.77 bits per heavy atom. The Bertz CT molecular complexity index is 822. The average Bonchev–Trinajstić information content (AvgIpc) is 3.24. The van der Waals surface area contributed by atoms with Crippen molar-refractivity contribution >= 4 is 21.9 Å². The molecule has 0 spiro atoms. The molecule has 0 bridgehead atoms. The number of amides is 1. The molecule has 0 aromatic heterocycles. The van der Waals surface area contributed by atoms with Crippen LogP contribution in [0.15, 0.2) is 30.3 Å². The summed E-state index contributed by atoms with van der Waals surface area (Å²) in [4.78, 5) is 28.9. The van der Waals surface area contributed by atoms with Gasteiger partial charge in [0.15, 0.2) is 6.61 Å². The molecule has 0 radical (unpaired) electrons. The highest BCUT2D eigenvalue weighted by molar-refractivity contribution is 7.89. The molecule has 2 saturated heterocycles. The Morgan fingerprint density at radius 3 is 2.43 bits per heavy atom. The molecule has 30 heavy (non-hydrogen) atoms. The predicted octanol–water partition coefficient (Wildman–Crippen LogP) is 1.08. The van der Waals surface area contributed by atoms with Gasteiger partial charge >= 0.3 is 5.97 Å². The van der Waals surface area contributed by atoms with Crippen LogP contribution >= 0.6 is 0 Å². The molecule has 1 unspecified atom stereocenters. The van der Waals surface area contributed by atoms with Crippen molar-refractivity contribution in [3.05, 3.63) is 35.9 Å². The molecule has 2 fully saturated rings. The predicted molar refractivity (Wildman–Crippen MR) is 113 cm³/mol. The van der Waals surface area contributed by atoms with E-state index in [0.717, 1.165) is 19.6 Å². The van der Waals surface area contributed by atoms with Crippen LogP contribution in [0.2, 0.25) is 0 Å². The second kappa shape index (κ2) is 10.4. The Kier molecular flexibility index (Phi) is 7.85. The summed E-state index contributed by atoms with van der Waals surface area (Å²) in [6.45, 7) is 5.34. The van der Waals surface area contributed by atoms with Gasteiger partial charge in [-0.25, -0.2) is 8.42 Å². The summed E-state index contributed by atoms with van der Waals surface area (Å²) in [5, 5.41) is 0. The van der Waals surface area contributed by atoms with Crippen LogP contribution in [0.3, 0.4) is 0 Å². The van der Waals surface area contributed by atoms with E-state index >= 15 is 0 Å². The van der Waals surface area contributed by atoms with E-state index in [1.807, 2.05) is 18.2 Å². The number of benzene rings is 1. The minimum Gasteiger partial charge on any atom is -0.454 e. The largest absolute Gasteiger partial charge is 0.454 e. The van der Waals surface area contributed by atoms with Crippen LogP contribution in [-0.4, -0.2) is 85.5 Å². The highest BCUT2D eigenvalue weighted by Gasteiger charge is 2.39. The highest BCUT2D eigenvalue weighted by Crippen LogP contribution is 2.23. The van der Waals surface area contributed by atoms with Gasteiger partial charge in [0, 0.05) is 39.3 Å². The molecule has 1 aromatic rings. The first-order valence-electron chi connectivity index (χ1n) is 10.6. The molecular formula is C21H31N3O5S. The van der Waals surface area contributed by atoms with Crippen molar-refractivity contribution < 1.29 is 22.7 Å². The second-order valence-corrected chi connectivity index (χ2v) is 9.88. The summed E-state index contributed by atoms with van der Waals surface area (Å²) in [6, 6.07) is 9.39. The third kappa shape index (κ3) is 5.80. The fourth-order valence-corrected chi connectivity index (χ4v) is 5.74. The fraction of sp³-hybridized carbons (Fsp3) is 0.619. The van der Waals surface area contributed by atoms with Crippen molar-refractivity contribution in [2.75, 3.05) is 45.1 Å². The topological polar surface area (TPSA) is 87.2 Å². The SMILES string of the molecule is CCCS(=O)(=O)N1CCCC1C(=O)OCC(=O)N1CCN(Cc2ccccc2)CC1. The second-order valence-electron chi connectivity index (χ2n) is 7.83. The number of hydrogen-bond acceptors (Lipinski definition) is 6. The maximum Gasteiger partial charge on any atom is 0.324 e. The van der Waals surface area contributed by atoms with E-state index in [1.165, 1.54) is 9.87 Å². The van der Waals surface area contributed by atoms with E-state index in [2.05, 4.69) is 17.0 Å². The number of carbonyl (C=O) groups is 2. The first kappa shape index (κ1) is 22.7. The molecule has 2 aliphatic rings. The third-order valence-corrected chi connectivity index (χ3v) is 7.68. The van der Waals surface area contributed by atoms with Gasteiger partial charge in [0.25, 0.3) is 5.91 Å². The first-order valence-corrected chi connectivity index (χ1v) is 12.2. The van der Waals surface area contributed by atoms with Crippen molar-refractivity contribution in [2.45, 2.75) is 38.8 Å². The van der Waals surface area contributed by atoms with Gasteiger partial charge in [-0.15, -0.1) is 0 Å². The molecule has 2 aliphatic heterocycles. The first-order chi connectivity index (χ1) is 14.4. The van der Waals surface area contributed by atoms with Gasteiger partial charge < -0.3 is 9.64 Å². The van der Waals surface area contributed by atoms with E-state index < -0.39 is 22.0 Å². The van der Waals surface area contributed by atoms with Crippen molar-refractivity contribution in [1.82, 2.24) is 14.1 Å². The standard InChI is InChI=1S/C21H31N3O5S/c1-2-15-30(27,28)24-10-6-9-19(24)21(26)29-17-20(25)23-13-11-22(12-14-23)16-18-7-4-3-5-8-18/h3-5,7-8,19H,2,6,9-17H2,1H3. The number of hydrogen-bond donors (Lipinski definition) is 0. The summed E-state index contributed by atoms with van der Waals surface area (Å²) in [5.74, 6) is -0.838. The zero-order valence-electron chi connectivity index (χ0n) is 17.5. The molecule has 166 valence electrons. The van der Waals surface area contributed by atoms with Crippen molar-refractivity contribution in [2.24, 2.45) is 0 Å². The monoisotopic (exact) mass is 437 g/mol. The van der Waals surface area contributed by atoms with Crippen molar-refractivity contribution in [1.29, 1.82) is 0 Å². The van der Waals surface area contributed by atoms with Gasteiger partial charge in [-0.05, 0) is 24.8 Å². The van der Waals surface area contributed by atoms with Crippen LogP contribution < -0.4 is 0 Å². The zero-order chi connectivity index (χ0) is 21.6. The van der Waals surface area contributed by atoms with E-state index in [9.17, 15) is 18.0 Å². The van der Waals surface area contributed by atoms with Crippen LogP contribution in [0, 0.1) is 0 Å². The third-order valence-electron chi connectivity index (χ3n) is 5.61. The van der Waals surface area contributed by atoms with E-state index in [0.29, 0.717) is 38.9 Å². The lowest BCUT2D eigenvalue weighted by atomic mass is 10.2. The van der Waals surface area contributed by atoms with Gasteiger partial charge in [0.1, 0.15) is 6.04 Å². The molecule has 1 amide bonds. The van der Waals surface area contributed by atoms with Crippen LogP contribution in [-0.2, 0) is 30.9 Å². The molecule has 0 saturated carbocycles. The number of rotatable bonds is 8. The molecule has 8 nitrogen and oxygen atoms in total. The quantitative estimate of drug-likeness (QED) is 0.566. The maximum absolute atomic E-state index is 12.5. The van der Waals surface area contributed by atoms with Crippen LogP contribution in [0.1, 0.15) is 31.7 Å². The van der Waals surface area contributed by atoms with E-state index in [1.54, 1.807) is 11.8 Å². The van der Waals surface area contributed by atoms with Gasteiger partial charge in [0.05, 0.1) is 5.75 Å². The molecule has 2 heterocycles. The highest BCUT2D eigenvalue weighted by atomic mass is 32.2. The van der Waals surface area contributed by atoms with Crippen molar-refractivity contribution in [3.8, 4) is 0 Å². The number of carbonyl (C=O) groups excluding carboxylic acids is 2. The van der Waals surface area contributed by atoms with Gasteiger partial charge in [0.2, 0.25) is 10.0 Å². The van der Waals surface area contributed by atoms with E-state index in [4.69, 9.17) is 4.74 Å². The molecule has 9 heteroatoms. The minimum atomic E-state index is -3.46. The number of nitrogens with zero attached hydrogens (tertiary/aromatic N) is 3. The summed E-state index contributed by atoms with van der Waals surface area (Å²) in [5.41, 5.74) is 1.24. The molecular weight excluding hydrogens is 406 g/mol. The minimum absolute atomic E-state index is 0.0168. The Balaban J connectivity index is 1.44. The Labute approximate surface area is 178 Å². The normalized spacial score (nSPS) is 21.0. The molecule has 1 atom stereocenters. The van der Waals surface area contributed by atoms with Gasteiger partial charge in [-0.1, -0.05) is 37.3 Å². The van der Waals surface area contributed by atoms with E-state index in [-0.39, 0.29) is 18.3 Å². The zero-order valence-corrected chi connectivity index (χ0v) is 18.3. The molecule has 3 rings (SSSR count). The average molecular weight is 438 g/mol. The molecule has 0 aliphatic carbocycles. The summed E-state index contributed by atoms with van der Waals surface area (Å²) < 4.78 is 31.1. The number of sulfonamides is 1. The molecule has 1 aromatic carbocycles. The van der Waals surface area contributed by atoms with Gasteiger partial charge in [-0.2, -0.15) is 4.31 Å². The number of ether oxygens (including phenoxy) is 1. The number of esters is 1. The lowest BCUT2D eigenvalue weighted by Gasteiger charge is -2.34. The van der Waals surface area contributed by atoms with Crippen LogP contribution in [0.5, 0.6) is 0 Å². The smallest absolute Gasteiger partial charge is 0.324 e. The summed E-state index contributed by atoms with van der Waals surface area (Å²) in [7, 11) is -3.46. The lowest BCUT2D eigenvalue weighted by molar-refractivity contribution is -0.155. The maximum atomic E-state index is 12.5. The number of piperazine rings is 1. The lowest BCUT2D eigenvalue weighted by Crippen LogP contribution is -2.50. The summed E-state index contributed by atoms with van der Waals surface area (Å²) in [6.07, 6.45) is 1.56. The Morgan fingerprint density at radius 1 is 1.07 bits per heavy atom. The van der Waals surface area contributed by atoms with Crippen LogP contribution in [0.25, 0.3) is 0 Å².